The van der Waals surface area contributed by atoms with E-state index in [4.69, 9.17) is 9.47 Å². The van der Waals surface area contributed by atoms with Gasteiger partial charge in [-0.3, -0.25) is 9.59 Å². The molecule has 0 heterocycles. The molecule has 0 rings (SSSR count). The Morgan fingerprint density at radius 2 is 1.32 bits per heavy atom. The molecule has 0 aliphatic rings. The van der Waals surface area contributed by atoms with E-state index in [2.05, 4.69) is 24.5 Å². The Kier molecular flexibility index (Phi) is 15.6. The fraction of sp³-hybridized carbons (Fsp3) is 0.895. The van der Waals surface area contributed by atoms with Crippen molar-refractivity contribution < 1.29 is 19.1 Å². The molecule has 6 nitrogen and oxygen atoms in total. The van der Waals surface area contributed by atoms with Crippen LogP contribution in [-0.4, -0.2) is 50.8 Å². The number of carbonyl (C=O) groups excluding carboxylic acids is 2. The first kappa shape index (κ1) is 23.9. The smallest absolute Gasteiger partial charge is 0.222 e. The Hall–Kier alpha value is -1.14. The summed E-state index contributed by atoms with van der Waals surface area (Å²) in [6.07, 6.45) is 5.06. The minimum Gasteiger partial charge on any atom is -0.381 e. The molecule has 25 heavy (non-hydrogen) atoms. The van der Waals surface area contributed by atoms with Crippen molar-refractivity contribution in [3.63, 3.8) is 0 Å². The van der Waals surface area contributed by atoms with Crippen LogP contribution in [0.2, 0.25) is 0 Å². The fourth-order valence-corrected chi connectivity index (χ4v) is 2.11. The van der Waals surface area contributed by atoms with Gasteiger partial charge < -0.3 is 20.1 Å². The van der Waals surface area contributed by atoms with Crippen molar-refractivity contribution in [2.45, 2.75) is 72.3 Å². The van der Waals surface area contributed by atoms with Crippen LogP contribution in [0.25, 0.3) is 0 Å². The van der Waals surface area contributed by atoms with Crippen molar-refractivity contribution in [2.75, 3.05) is 32.9 Å². The van der Waals surface area contributed by atoms with Crippen molar-refractivity contribution in [1.82, 2.24) is 10.6 Å². The number of amides is 2. The molecule has 0 aromatic rings. The maximum absolute atomic E-state index is 11.6. The molecule has 0 saturated carbocycles. The van der Waals surface area contributed by atoms with Crippen LogP contribution < -0.4 is 10.6 Å². The zero-order valence-corrected chi connectivity index (χ0v) is 16.6. The average Bonchev–Trinajstić information content (AvgIpc) is 2.53. The lowest BCUT2D eigenvalue weighted by atomic mass is 10.2. The summed E-state index contributed by atoms with van der Waals surface area (Å²) in [4.78, 5) is 23.1. The summed E-state index contributed by atoms with van der Waals surface area (Å²) in [6.45, 7) is 11.2. The number of hydrogen-bond acceptors (Lipinski definition) is 4. The van der Waals surface area contributed by atoms with E-state index in [-0.39, 0.29) is 17.9 Å². The predicted molar refractivity (Wildman–Crippen MR) is 100 cm³/mol. The van der Waals surface area contributed by atoms with Crippen LogP contribution in [0.15, 0.2) is 0 Å². The van der Waals surface area contributed by atoms with E-state index >= 15 is 0 Å². The summed E-state index contributed by atoms with van der Waals surface area (Å²) >= 11 is 0. The quantitative estimate of drug-likeness (QED) is 0.416. The van der Waals surface area contributed by atoms with Gasteiger partial charge >= 0.3 is 0 Å². The summed E-state index contributed by atoms with van der Waals surface area (Å²) in [5.74, 6) is 0.605. The molecule has 2 N–H and O–H groups in total. The summed E-state index contributed by atoms with van der Waals surface area (Å²) in [5, 5.41) is 5.81. The summed E-state index contributed by atoms with van der Waals surface area (Å²) in [7, 11) is 0. The molecule has 0 aromatic heterocycles. The van der Waals surface area contributed by atoms with Crippen LogP contribution in [0.3, 0.4) is 0 Å². The van der Waals surface area contributed by atoms with Crippen LogP contribution in [0, 0.1) is 5.92 Å². The van der Waals surface area contributed by atoms with E-state index in [1.807, 2.05) is 13.8 Å². The average molecular weight is 359 g/mol. The Morgan fingerprint density at radius 1 is 0.800 bits per heavy atom. The molecule has 0 aliphatic heterocycles. The van der Waals surface area contributed by atoms with Gasteiger partial charge in [-0.15, -0.1) is 0 Å². The predicted octanol–water partition coefficient (Wildman–Crippen LogP) is 2.66. The van der Waals surface area contributed by atoms with Gasteiger partial charge in [-0.1, -0.05) is 26.7 Å². The van der Waals surface area contributed by atoms with Crippen molar-refractivity contribution in [3.8, 4) is 0 Å². The molecule has 0 aromatic carbocycles. The van der Waals surface area contributed by atoms with Crippen molar-refractivity contribution in [2.24, 2.45) is 5.92 Å². The highest BCUT2D eigenvalue weighted by molar-refractivity contribution is 5.76. The monoisotopic (exact) mass is 358 g/mol. The van der Waals surface area contributed by atoms with Gasteiger partial charge in [-0.05, 0) is 32.6 Å². The van der Waals surface area contributed by atoms with E-state index in [1.165, 1.54) is 0 Å². The summed E-state index contributed by atoms with van der Waals surface area (Å²) < 4.78 is 10.7. The first-order chi connectivity index (χ1) is 11.9. The van der Waals surface area contributed by atoms with Crippen molar-refractivity contribution in [1.29, 1.82) is 0 Å². The van der Waals surface area contributed by atoms with Crippen LogP contribution in [0.5, 0.6) is 0 Å². The SMILES string of the molecule is CC(C)COCCC(=O)NCCCCCCNC(=O)CCOC(C)C. The van der Waals surface area contributed by atoms with Gasteiger partial charge in [-0.2, -0.15) is 0 Å². The Bertz CT molecular complexity index is 346. The third-order valence-corrected chi connectivity index (χ3v) is 3.45. The van der Waals surface area contributed by atoms with Crippen LogP contribution in [-0.2, 0) is 19.1 Å². The zero-order chi connectivity index (χ0) is 18.9. The number of ether oxygens (including phenoxy) is 2. The van der Waals surface area contributed by atoms with E-state index in [0.717, 1.165) is 25.7 Å². The second-order valence-electron chi connectivity index (χ2n) is 7.00. The first-order valence-electron chi connectivity index (χ1n) is 9.64. The van der Waals surface area contributed by atoms with E-state index in [9.17, 15) is 9.59 Å². The number of hydrogen-bond donors (Lipinski definition) is 2. The first-order valence-corrected chi connectivity index (χ1v) is 9.64. The highest BCUT2D eigenvalue weighted by atomic mass is 16.5. The fourth-order valence-electron chi connectivity index (χ4n) is 2.11. The molecular weight excluding hydrogens is 320 g/mol. The van der Waals surface area contributed by atoms with Crippen molar-refractivity contribution >= 4 is 11.8 Å². The van der Waals surface area contributed by atoms with Gasteiger partial charge in [0.05, 0.1) is 19.3 Å². The Morgan fingerprint density at radius 3 is 1.80 bits per heavy atom. The molecule has 0 unspecified atom stereocenters. The normalized spacial score (nSPS) is 11.1. The standard InChI is InChI=1S/C19H38N2O4/c1-16(2)15-24-13-9-18(22)20-11-7-5-6-8-12-21-19(23)10-14-25-17(3)4/h16-17H,5-15H2,1-4H3,(H,20,22)(H,21,23). The molecule has 148 valence electrons. The topological polar surface area (TPSA) is 76.7 Å². The third kappa shape index (κ3) is 19.0. The molecule has 0 atom stereocenters. The van der Waals surface area contributed by atoms with E-state index in [0.29, 0.717) is 51.7 Å². The minimum absolute atomic E-state index is 0.0487. The maximum atomic E-state index is 11.6. The largest absolute Gasteiger partial charge is 0.381 e. The lowest BCUT2D eigenvalue weighted by molar-refractivity contribution is -0.123. The molecule has 0 saturated heterocycles. The maximum Gasteiger partial charge on any atom is 0.222 e. The molecule has 0 aliphatic carbocycles. The van der Waals surface area contributed by atoms with E-state index < -0.39 is 0 Å². The second-order valence-corrected chi connectivity index (χ2v) is 7.00. The Labute approximate surface area is 153 Å². The molecule has 0 bridgehead atoms. The van der Waals surface area contributed by atoms with Gasteiger partial charge in [0.25, 0.3) is 0 Å². The lowest BCUT2D eigenvalue weighted by Crippen LogP contribution is -2.26. The lowest BCUT2D eigenvalue weighted by Gasteiger charge is -2.08. The van der Waals surface area contributed by atoms with Gasteiger partial charge in [0, 0.05) is 32.5 Å². The summed E-state index contributed by atoms with van der Waals surface area (Å²) in [5.41, 5.74) is 0. The van der Waals surface area contributed by atoms with Crippen LogP contribution in [0.4, 0.5) is 0 Å². The number of nitrogens with one attached hydrogen (secondary N) is 2. The van der Waals surface area contributed by atoms with Gasteiger partial charge in [0.2, 0.25) is 11.8 Å². The zero-order valence-electron chi connectivity index (χ0n) is 16.6. The van der Waals surface area contributed by atoms with Gasteiger partial charge in [0.15, 0.2) is 0 Å². The molecule has 0 radical (unpaired) electrons. The van der Waals surface area contributed by atoms with Crippen LogP contribution in [0.1, 0.15) is 66.2 Å². The van der Waals surface area contributed by atoms with Gasteiger partial charge in [-0.25, -0.2) is 0 Å². The summed E-state index contributed by atoms with van der Waals surface area (Å²) in [6, 6.07) is 0. The third-order valence-electron chi connectivity index (χ3n) is 3.45. The van der Waals surface area contributed by atoms with E-state index in [1.54, 1.807) is 0 Å². The minimum atomic E-state index is 0.0487. The number of carbonyl (C=O) groups is 2. The Balaban J connectivity index is 3.30. The van der Waals surface area contributed by atoms with Gasteiger partial charge in [0.1, 0.15) is 0 Å². The second kappa shape index (κ2) is 16.3. The number of unbranched alkanes of at least 4 members (excludes halogenated alkanes) is 3. The highest BCUT2D eigenvalue weighted by Gasteiger charge is 2.03. The molecule has 6 heteroatoms. The van der Waals surface area contributed by atoms with Crippen molar-refractivity contribution in [3.05, 3.63) is 0 Å². The number of rotatable bonds is 16. The van der Waals surface area contributed by atoms with Crippen LogP contribution >= 0.6 is 0 Å². The molecule has 0 fully saturated rings. The molecular formula is C19H38N2O4. The molecule has 0 spiro atoms. The molecule has 2 amide bonds. The highest BCUT2D eigenvalue weighted by Crippen LogP contribution is 1.99.